The number of anilines is 1. The number of hydrogen-bond donors (Lipinski definition) is 1. The van der Waals surface area contributed by atoms with Gasteiger partial charge in [-0.1, -0.05) is 11.6 Å². The number of nitrogens with zero attached hydrogens (tertiary/aromatic N) is 1. The zero-order valence-corrected chi connectivity index (χ0v) is 10.7. The van der Waals surface area contributed by atoms with E-state index in [0.717, 1.165) is 12.3 Å². The molecule has 0 saturated carbocycles. The van der Waals surface area contributed by atoms with E-state index in [-0.39, 0.29) is 5.56 Å². The number of benzene rings is 1. The number of methoxy groups -OCH3 is 1. The van der Waals surface area contributed by atoms with Crippen LogP contribution in [0, 0.1) is 5.95 Å². The van der Waals surface area contributed by atoms with Crippen LogP contribution in [0.2, 0.25) is 5.02 Å². The Balaban J connectivity index is 2.17. The van der Waals surface area contributed by atoms with Gasteiger partial charge in [0.15, 0.2) is 0 Å². The highest BCUT2D eigenvalue weighted by Gasteiger charge is 2.08. The summed E-state index contributed by atoms with van der Waals surface area (Å²) in [6.45, 7) is 0. The van der Waals surface area contributed by atoms with Crippen molar-refractivity contribution in [1.82, 2.24) is 4.98 Å². The molecule has 98 valence electrons. The van der Waals surface area contributed by atoms with E-state index >= 15 is 0 Å². The second kappa shape index (κ2) is 5.67. The number of ether oxygens (including phenoxy) is 1. The van der Waals surface area contributed by atoms with Crippen molar-refractivity contribution in [3.05, 3.63) is 53.1 Å². The van der Waals surface area contributed by atoms with Crippen molar-refractivity contribution in [3.8, 4) is 5.75 Å². The van der Waals surface area contributed by atoms with Crippen LogP contribution in [0.4, 0.5) is 10.1 Å². The number of nitrogens with one attached hydrogen (secondary N) is 1. The third-order valence-corrected chi connectivity index (χ3v) is 2.71. The number of carbonyl (C=O) groups is 1. The average Bonchev–Trinajstić information content (AvgIpc) is 2.41. The van der Waals surface area contributed by atoms with Crippen LogP contribution in [-0.2, 0) is 0 Å². The molecule has 6 heteroatoms. The summed E-state index contributed by atoms with van der Waals surface area (Å²) in [6.07, 6.45) is 1.16. The lowest BCUT2D eigenvalue weighted by molar-refractivity contribution is 0.102. The highest BCUT2D eigenvalue weighted by atomic mass is 35.5. The van der Waals surface area contributed by atoms with Crippen LogP contribution in [-0.4, -0.2) is 18.0 Å². The Hall–Kier alpha value is -2.14. The van der Waals surface area contributed by atoms with E-state index in [1.165, 1.54) is 13.2 Å². The summed E-state index contributed by atoms with van der Waals surface area (Å²) in [5, 5.41) is 3.09. The minimum atomic E-state index is -0.635. The monoisotopic (exact) mass is 280 g/mol. The van der Waals surface area contributed by atoms with E-state index in [1.807, 2.05) is 0 Å². The number of halogens is 2. The van der Waals surface area contributed by atoms with Crippen molar-refractivity contribution >= 4 is 23.2 Å². The van der Waals surface area contributed by atoms with E-state index in [9.17, 15) is 9.18 Å². The highest BCUT2D eigenvalue weighted by Crippen LogP contribution is 2.27. The van der Waals surface area contributed by atoms with Gasteiger partial charge in [0.2, 0.25) is 5.95 Å². The topological polar surface area (TPSA) is 51.2 Å². The Labute approximate surface area is 114 Å². The Bertz CT molecular complexity index is 602. The SMILES string of the molecule is COc1cc(NC(=O)c2ccc(F)nc2)ccc1Cl. The maximum Gasteiger partial charge on any atom is 0.257 e. The number of pyridine rings is 1. The first-order valence-corrected chi connectivity index (χ1v) is 5.74. The molecule has 2 rings (SSSR count). The molecular formula is C13H10ClFN2O2. The lowest BCUT2D eigenvalue weighted by Crippen LogP contribution is -2.12. The molecule has 0 aliphatic carbocycles. The molecule has 0 aliphatic rings. The number of aromatic nitrogens is 1. The third kappa shape index (κ3) is 3.20. The summed E-state index contributed by atoms with van der Waals surface area (Å²) in [6, 6.07) is 7.32. The standard InChI is InChI=1S/C13H10ClFN2O2/c1-19-11-6-9(3-4-10(11)14)17-13(18)8-2-5-12(15)16-7-8/h2-7H,1H3,(H,17,18). The number of hydrogen-bond acceptors (Lipinski definition) is 3. The Morgan fingerprint density at radius 2 is 2.16 bits per heavy atom. The van der Waals surface area contributed by atoms with Crippen LogP contribution in [0.3, 0.4) is 0 Å². The summed E-state index contributed by atoms with van der Waals surface area (Å²) in [5.41, 5.74) is 0.783. The zero-order valence-electron chi connectivity index (χ0n) is 9.98. The molecule has 0 bridgehead atoms. The predicted octanol–water partition coefficient (Wildman–Crippen LogP) is 3.14. The van der Waals surface area contributed by atoms with Gasteiger partial charge < -0.3 is 10.1 Å². The quantitative estimate of drug-likeness (QED) is 0.879. The van der Waals surface area contributed by atoms with E-state index in [0.29, 0.717) is 16.5 Å². The molecule has 0 saturated heterocycles. The van der Waals surface area contributed by atoms with Gasteiger partial charge in [-0.25, -0.2) is 4.98 Å². The predicted molar refractivity (Wildman–Crippen MR) is 70.2 cm³/mol. The summed E-state index contributed by atoms with van der Waals surface area (Å²) in [5.74, 6) is -0.571. The number of amides is 1. The molecule has 19 heavy (non-hydrogen) atoms. The van der Waals surface area contributed by atoms with Crippen molar-refractivity contribution in [2.24, 2.45) is 0 Å². The summed E-state index contributed by atoms with van der Waals surface area (Å²) in [4.78, 5) is 15.3. The van der Waals surface area contributed by atoms with Gasteiger partial charge in [0.05, 0.1) is 17.7 Å². The highest BCUT2D eigenvalue weighted by molar-refractivity contribution is 6.32. The van der Waals surface area contributed by atoms with Gasteiger partial charge in [0.25, 0.3) is 5.91 Å². The number of rotatable bonds is 3. The van der Waals surface area contributed by atoms with Gasteiger partial charge in [0.1, 0.15) is 5.75 Å². The normalized spacial score (nSPS) is 10.1. The van der Waals surface area contributed by atoms with Gasteiger partial charge in [-0.2, -0.15) is 4.39 Å². The van der Waals surface area contributed by atoms with Crippen molar-refractivity contribution in [2.75, 3.05) is 12.4 Å². The van der Waals surface area contributed by atoms with E-state index < -0.39 is 11.9 Å². The molecule has 1 aromatic carbocycles. The molecule has 0 radical (unpaired) electrons. The molecule has 0 spiro atoms. The second-order valence-electron chi connectivity index (χ2n) is 3.67. The summed E-state index contributed by atoms with van der Waals surface area (Å²) < 4.78 is 17.7. The Morgan fingerprint density at radius 3 is 2.79 bits per heavy atom. The summed E-state index contributed by atoms with van der Waals surface area (Å²) >= 11 is 5.88. The minimum Gasteiger partial charge on any atom is -0.495 e. The van der Waals surface area contributed by atoms with E-state index in [1.54, 1.807) is 18.2 Å². The molecule has 1 amide bonds. The van der Waals surface area contributed by atoms with Crippen LogP contribution in [0.15, 0.2) is 36.5 Å². The molecule has 0 aliphatic heterocycles. The lowest BCUT2D eigenvalue weighted by Gasteiger charge is -2.08. The van der Waals surface area contributed by atoms with Crippen LogP contribution in [0.5, 0.6) is 5.75 Å². The maximum atomic E-state index is 12.6. The van der Waals surface area contributed by atoms with E-state index in [4.69, 9.17) is 16.3 Å². The second-order valence-corrected chi connectivity index (χ2v) is 4.08. The van der Waals surface area contributed by atoms with Crippen LogP contribution >= 0.6 is 11.6 Å². The number of carbonyl (C=O) groups excluding carboxylic acids is 1. The van der Waals surface area contributed by atoms with Crippen LogP contribution in [0.25, 0.3) is 0 Å². The van der Waals surface area contributed by atoms with Crippen LogP contribution < -0.4 is 10.1 Å². The molecule has 0 fully saturated rings. The Kier molecular flexibility index (Phi) is 3.97. The molecule has 1 aromatic heterocycles. The molecule has 2 aromatic rings. The van der Waals surface area contributed by atoms with E-state index in [2.05, 4.69) is 10.3 Å². The first-order chi connectivity index (χ1) is 9.10. The van der Waals surface area contributed by atoms with Crippen molar-refractivity contribution < 1.29 is 13.9 Å². The molecule has 0 atom stereocenters. The van der Waals surface area contributed by atoms with Gasteiger partial charge in [-0.15, -0.1) is 0 Å². The molecule has 1 N–H and O–H groups in total. The fraction of sp³-hybridized carbons (Fsp3) is 0.0769. The summed E-state index contributed by atoms with van der Waals surface area (Å²) in [7, 11) is 1.48. The minimum absolute atomic E-state index is 0.260. The fourth-order valence-corrected chi connectivity index (χ4v) is 1.65. The molecule has 0 unspecified atom stereocenters. The fourth-order valence-electron chi connectivity index (χ4n) is 1.45. The lowest BCUT2D eigenvalue weighted by atomic mass is 10.2. The zero-order chi connectivity index (χ0) is 13.8. The molecular weight excluding hydrogens is 271 g/mol. The van der Waals surface area contributed by atoms with Gasteiger partial charge in [0, 0.05) is 18.0 Å². The molecule has 4 nitrogen and oxygen atoms in total. The average molecular weight is 281 g/mol. The molecule has 1 heterocycles. The van der Waals surface area contributed by atoms with Gasteiger partial charge in [-0.05, 0) is 24.3 Å². The van der Waals surface area contributed by atoms with Crippen LogP contribution in [0.1, 0.15) is 10.4 Å². The third-order valence-electron chi connectivity index (χ3n) is 2.40. The largest absolute Gasteiger partial charge is 0.495 e. The maximum absolute atomic E-state index is 12.6. The Morgan fingerprint density at radius 1 is 1.37 bits per heavy atom. The van der Waals surface area contributed by atoms with Crippen molar-refractivity contribution in [2.45, 2.75) is 0 Å². The first-order valence-electron chi connectivity index (χ1n) is 5.36. The van der Waals surface area contributed by atoms with Crippen molar-refractivity contribution in [3.63, 3.8) is 0 Å². The van der Waals surface area contributed by atoms with Gasteiger partial charge in [-0.3, -0.25) is 4.79 Å². The smallest absolute Gasteiger partial charge is 0.257 e. The van der Waals surface area contributed by atoms with Gasteiger partial charge >= 0.3 is 0 Å². The van der Waals surface area contributed by atoms with Crippen molar-refractivity contribution in [1.29, 1.82) is 0 Å². The first kappa shape index (κ1) is 13.3.